The zero-order valence-corrected chi connectivity index (χ0v) is 12.7. The van der Waals surface area contributed by atoms with E-state index in [1.165, 1.54) is 11.1 Å². The van der Waals surface area contributed by atoms with Crippen LogP contribution in [0.15, 0.2) is 48.5 Å². The first-order valence-corrected chi connectivity index (χ1v) is 7.16. The molecule has 0 aromatic heterocycles. The van der Waals surface area contributed by atoms with Crippen LogP contribution in [-0.2, 0) is 5.41 Å². The molecule has 0 aliphatic carbocycles. The quantitative estimate of drug-likeness (QED) is 0.694. The fraction of sp³-hybridized carbons (Fsp3) is 0.316. The Balaban J connectivity index is 2.26. The molecular weight excluding hydrogens is 244 g/mol. The lowest BCUT2D eigenvalue weighted by Crippen LogP contribution is -2.10. The average molecular weight is 266 g/mol. The third kappa shape index (κ3) is 3.16. The van der Waals surface area contributed by atoms with Crippen molar-refractivity contribution >= 4 is 5.78 Å². The van der Waals surface area contributed by atoms with Crippen LogP contribution in [0.5, 0.6) is 0 Å². The summed E-state index contributed by atoms with van der Waals surface area (Å²) in [6.07, 6.45) is 0.555. The van der Waals surface area contributed by atoms with Crippen LogP contribution < -0.4 is 0 Å². The Hall–Kier alpha value is -1.89. The van der Waals surface area contributed by atoms with Gasteiger partial charge in [-0.1, -0.05) is 76.2 Å². The maximum atomic E-state index is 11.6. The highest BCUT2D eigenvalue weighted by atomic mass is 16.1. The van der Waals surface area contributed by atoms with Gasteiger partial charge in [-0.25, -0.2) is 0 Å². The molecule has 1 heteroatoms. The van der Waals surface area contributed by atoms with E-state index < -0.39 is 0 Å². The zero-order valence-electron chi connectivity index (χ0n) is 12.7. The van der Waals surface area contributed by atoms with Crippen molar-refractivity contribution in [3.05, 3.63) is 59.7 Å². The van der Waals surface area contributed by atoms with Crippen molar-refractivity contribution in [1.82, 2.24) is 0 Å². The van der Waals surface area contributed by atoms with Gasteiger partial charge in [0, 0.05) is 12.0 Å². The highest BCUT2D eigenvalue weighted by molar-refractivity contribution is 5.96. The van der Waals surface area contributed by atoms with Crippen LogP contribution in [0.1, 0.15) is 50.0 Å². The molecule has 0 aliphatic rings. The molecule has 0 heterocycles. The molecule has 0 amide bonds. The molecule has 2 rings (SSSR count). The van der Waals surface area contributed by atoms with Crippen LogP contribution in [0.3, 0.4) is 0 Å². The van der Waals surface area contributed by atoms with Gasteiger partial charge in [-0.3, -0.25) is 4.79 Å². The molecule has 0 bridgehead atoms. The predicted molar refractivity (Wildman–Crippen MR) is 85.2 cm³/mol. The highest BCUT2D eigenvalue weighted by Gasteiger charge is 2.13. The lowest BCUT2D eigenvalue weighted by atomic mass is 9.86. The number of hydrogen-bond donors (Lipinski definition) is 0. The summed E-state index contributed by atoms with van der Waals surface area (Å²) in [6.45, 7) is 8.54. The minimum atomic E-state index is 0.177. The summed E-state index contributed by atoms with van der Waals surface area (Å²) in [4.78, 5) is 11.6. The highest BCUT2D eigenvalue weighted by Crippen LogP contribution is 2.26. The summed E-state index contributed by atoms with van der Waals surface area (Å²) < 4.78 is 0. The van der Waals surface area contributed by atoms with Gasteiger partial charge in [0.1, 0.15) is 0 Å². The van der Waals surface area contributed by atoms with Crippen LogP contribution in [0.25, 0.3) is 11.1 Å². The third-order valence-corrected chi connectivity index (χ3v) is 3.61. The van der Waals surface area contributed by atoms with E-state index in [0.717, 1.165) is 11.1 Å². The molecule has 0 atom stereocenters. The van der Waals surface area contributed by atoms with Gasteiger partial charge in [-0.2, -0.15) is 0 Å². The summed E-state index contributed by atoms with van der Waals surface area (Å²) in [7, 11) is 0. The maximum Gasteiger partial charge on any atom is 0.162 e. The number of Topliss-reactive ketones (excluding diaryl/α,β-unsaturated/α-hetero) is 1. The Morgan fingerprint density at radius 1 is 0.850 bits per heavy atom. The molecule has 0 spiro atoms. The van der Waals surface area contributed by atoms with Crippen LogP contribution in [0.4, 0.5) is 0 Å². The van der Waals surface area contributed by atoms with Crippen LogP contribution in [0.2, 0.25) is 0 Å². The number of hydrogen-bond acceptors (Lipinski definition) is 1. The lowest BCUT2D eigenvalue weighted by Gasteiger charge is -2.19. The summed E-state index contributed by atoms with van der Waals surface area (Å²) in [6, 6.07) is 16.5. The molecule has 20 heavy (non-hydrogen) atoms. The zero-order chi connectivity index (χ0) is 14.8. The molecule has 0 radical (unpaired) electrons. The standard InChI is InChI=1S/C19H22O/c1-5-18(20)16-8-6-14(7-9-16)15-10-12-17(13-11-15)19(2,3)4/h6-13H,5H2,1-4H3. The Morgan fingerprint density at radius 2 is 1.30 bits per heavy atom. The van der Waals surface area contributed by atoms with Gasteiger partial charge in [0.25, 0.3) is 0 Å². The minimum Gasteiger partial charge on any atom is -0.294 e. The van der Waals surface area contributed by atoms with Crippen molar-refractivity contribution in [2.45, 2.75) is 39.5 Å². The number of benzene rings is 2. The van der Waals surface area contributed by atoms with E-state index in [9.17, 15) is 4.79 Å². The largest absolute Gasteiger partial charge is 0.294 e. The van der Waals surface area contributed by atoms with E-state index in [-0.39, 0.29) is 11.2 Å². The minimum absolute atomic E-state index is 0.177. The Bertz CT molecular complexity index is 583. The normalized spacial score (nSPS) is 11.4. The molecule has 1 nitrogen and oxygen atoms in total. The summed E-state index contributed by atoms with van der Waals surface area (Å²) in [5, 5.41) is 0. The van der Waals surface area contributed by atoms with Crippen LogP contribution >= 0.6 is 0 Å². The van der Waals surface area contributed by atoms with Gasteiger partial charge in [0.2, 0.25) is 0 Å². The molecule has 0 saturated heterocycles. The number of ketones is 1. The first kappa shape index (κ1) is 14.5. The molecule has 0 unspecified atom stereocenters. The van der Waals surface area contributed by atoms with Crippen molar-refractivity contribution in [1.29, 1.82) is 0 Å². The van der Waals surface area contributed by atoms with E-state index in [1.807, 2.05) is 31.2 Å². The Labute approximate surface area is 121 Å². The van der Waals surface area contributed by atoms with Crippen molar-refractivity contribution in [3.63, 3.8) is 0 Å². The number of rotatable bonds is 3. The molecule has 104 valence electrons. The van der Waals surface area contributed by atoms with Gasteiger partial charge < -0.3 is 0 Å². The first-order valence-electron chi connectivity index (χ1n) is 7.16. The molecule has 0 fully saturated rings. The second-order valence-electron chi connectivity index (χ2n) is 6.18. The number of carbonyl (C=O) groups is 1. The summed E-state index contributed by atoms with van der Waals surface area (Å²) in [5.74, 6) is 0.194. The van der Waals surface area contributed by atoms with Crippen molar-refractivity contribution in [2.24, 2.45) is 0 Å². The van der Waals surface area contributed by atoms with E-state index in [0.29, 0.717) is 6.42 Å². The first-order chi connectivity index (χ1) is 9.41. The Kier molecular flexibility index (Phi) is 4.08. The van der Waals surface area contributed by atoms with Gasteiger partial charge in [0.15, 0.2) is 5.78 Å². The van der Waals surface area contributed by atoms with Crippen molar-refractivity contribution < 1.29 is 4.79 Å². The van der Waals surface area contributed by atoms with Crippen molar-refractivity contribution in [3.8, 4) is 11.1 Å². The molecule has 0 N–H and O–H groups in total. The molecule has 0 saturated carbocycles. The molecule has 2 aromatic rings. The van der Waals surface area contributed by atoms with Crippen LogP contribution in [0, 0.1) is 0 Å². The predicted octanol–water partition coefficient (Wildman–Crippen LogP) is 5.24. The lowest BCUT2D eigenvalue weighted by molar-refractivity contribution is 0.0988. The van der Waals surface area contributed by atoms with E-state index in [2.05, 4.69) is 45.0 Å². The van der Waals surface area contributed by atoms with Gasteiger partial charge >= 0.3 is 0 Å². The number of carbonyl (C=O) groups excluding carboxylic acids is 1. The SMILES string of the molecule is CCC(=O)c1ccc(-c2ccc(C(C)(C)C)cc2)cc1. The van der Waals surface area contributed by atoms with Gasteiger partial charge in [-0.15, -0.1) is 0 Å². The molecular formula is C19H22O. The van der Waals surface area contributed by atoms with Crippen molar-refractivity contribution in [2.75, 3.05) is 0 Å². The topological polar surface area (TPSA) is 17.1 Å². The van der Waals surface area contributed by atoms with E-state index >= 15 is 0 Å². The van der Waals surface area contributed by atoms with E-state index in [1.54, 1.807) is 0 Å². The van der Waals surface area contributed by atoms with E-state index in [4.69, 9.17) is 0 Å². The maximum absolute atomic E-state index is 11.6. The second-order valence-corrected chi connectivity index (χ2v) is 6.18. The van der Waals surface area contributed by atoms with Gasteiger partial charge in [0.05, 0.1) is 0 Å². The Morgan fingerprint density at radius 3 is 1.70 bits per heavy atom. The van der Waals surface area contributed by atoms with Gasteiger partial charge in [-0.05, 0) is 22.1 Å². The molecule has 0 aliphatic heterocycles. The molecule has 2 aromatic carbocycles. The monoisotopic (exact) mass is 266 g/mol. The third-order valence-electron chi connectivity index (χ3n) is 3.61. The smallest absolute Gasteiger partial charge is 0.162 e. The van der Waals surface area contributed by atoms with Crippen LogP contribution in [-0.4, -0.2) is 5.78 Å². The second kappa shape index (κ2) is 5.62. The summed E-state index contributed by atoms with van der Waals surface area (Å²) in [5.41, 5.74) is 4.64. The fourth-order valence-corrected chi connectivity index (χ4v) is 2.22. The summed E-state index contributed by atoms with van der Waals surface area (Å²) >= 11 is 0. The average Bonchev–Trinajstić information content (AvgIpc) is 2.46. The fourth-order valence-electron chi connectivity index (χ4n) is 2.22.